The molecule has 0 radical (unpaired) electrons. The first-order valence-electron chi connectivity index (χ1n) is 7.83. The molecule has 1 aromatic carbocycles. The van der Waals surface area contributed by atoms with Crippen LogP contribution in [0.25, 0.3) is 0 Å². The summed E-state index contributed by atoms with van der Waals surface area (Å²) in [5, 5.41) is 2.61. The minimum atomic E-state index is -0.760. The van der Waals surface area contributed by atoms with Gasteiger partial charge in [-0.1, -0.05) is 19.9 Å². The fourth-order valence-corrected chi connectivity index (χ4v) is 2.81. The second kappa shape index (κ2) is 8.47. The number of ether oxygens (including phenoxy) is 2. The molecule has 6 heteroatoms. The van der Waals surface area contributed by atoms with Crippen molar-refractivity contribution in [2.45, 2.75) is 53.0 Å². The smallest absolute Gasteiger partial charge is 0.328 e. The van der Waals surface area contributed by atoms with E-state index in [0.29, 0.717) is 12.2 Å². The van der Waals surface area contributed by atoms with E-state index in [2.05, 4.69) is 5.32 Å². The van der Waals surface area contributed by atoms with E-state index >= 15 is 0 Å². The Bertz CT molecular complexity index is 637. The van der Waals surface area contributed by atoms with Crippen molar-refractivity contribution < 1.29 is 23.9 Å². The number of carbonyl (C=O) groups excluding carboxylic acids is 3. The maximum absolute atomic E-state index is 11.9. The molecule has 132 valence electrons. The Kier molecular flexibility index (Phi) is 6.95. The molecule has 0 fully saturated rings. The monoisotopic (exact) mass is 335 g/mol. The standard InChI is InChI=1S/C18H25NO5/c1-10(2)17-11(3)16(24-13(5)21)8-7-14(17)9-15(18(22)23-6)19-12(4)20/h7-8,10,15H,9H2,1-6H3,(H,19,20)/t15-/m0/s1. The SMILES string of the molecule is COC(=O)[C@H](Cc1ccc(OC(C)=O)c(C)c1C(C)C)NC(C)=O. The number of methoxy groups -OCH3 is 1. The topological polar surface area (TPSA) is 81.7 Å². The normalized spacial score (nSPS) is 11.8. The molecule has 0 aromatic heterocycles. The summed E-state index contributed by atoms with van der Waals surface area (Å²) in [6, 6.07) is 2.77. The number of nitrogens with one attached hydrogen (secondary N) is 1. The van der Waals surface area contributed by atoms with E-state index in [4.69, 9.17) is 9.47 Å². The number of esters is 2. The van der Waals surface area contributed by atoms with Gasteiger partial charge in [-0.2, -0.15) is 0 Å². The molecular weight excluding hydrogens is 310 g/mol. The predicted molar refractivity (Wildman–Crippen MR) is 89.9 cm³/mol. The third kappa shape index (κ3) is 5.08. The summed E-state index contributed by atoms with van der Waals surface area (Å²) in [7, 11) is 1.29. The third-order valence-electron chi connectivity index (χ3n) is 3.67. The van der Waals surface area contributed by atoms with Crippen molar-refractivity contribution in [1.29, 1.82) is 0 Å². The molecule has 0 aliphatic rings. The molecule has 0 saturated carbocycles. The van der Waals surface area contributed by atoms with Gasteiger partial charge in [0.25, 0.3) is 0 Å². The zero-order chi connectivity index (χ0) is 18.4. The van der Waals surface area contributed by atoms with Crippen molar-refractivity contribution in [2.75, 3.05) is 7.11 Å². The summed E-state index contributed by atoms with van der Waals surface area (Å²) in [6.07, 6.45) is 0.307. The lowest BCUT2D eigenvalue weighted by Crippen LogP contribution is -2.42. The van der Waals surface area contributed by atoms with Crippen LogP contribution >= 0.6 is 0 Å². The first kappa shape index (κ1) is 19.7. The van der Waals surface area contributed by atoms with Crippen LogP contribution in [0.5, 0.6) is 5.75 Å². The highest BCUT2D eigenvalue weighted by molar-refractivity contribution is 5.83. The summed E-state index contributed by atoms with van der Waals surface area (Å²) >= 11 is 0. The molecule has 0 saturated heterocycles. The lowest BCUT2D eigenvalue weighted by Gasteiger charge is -2.22. The Balaban J connectivity index is 3.26. The maximum Gasteiger partial charge on any atom is 0.328 e. The molecule has 24 heavy (non-hydrogen) atoms. The number of hydrogen-bond donors (Lipinski definition) is 1. The van der Waals surface area contributed by atoms with E-state index < -0.39 is 12.0 Å². The molecule has 1 rings (SSSR count). The molecule has 1 amide bonds. The zero-order valence-electron chi connectivity index (χ0n) is 15.1. The number of rotatable bonds is 6. The first-order valence-corrected chi connectivity index (χ1v) is 7.83. The summed E-state index contributed by atoms with van der Waals surface area (Å²) in [5.74, 6) is -0.521. The van der Waals surface area contributed by atoms with E-state index in [1.807, 2.05) is 26.8 Å². The van der Waals surface area contributed by atoms with E-state index in [0.717, 1.165) is 16.7 Å². The average Bonchev–Trinajstić information content (AvgIpc) is 2.47. The van der Waals surface area contributed by atoms with Crippen LogP contribution in [0.3, 0.4) is 0 Å². The summed E-state index contributed by atoms with van der Waals surface area (Å²) < 4.78 is 10.00. The van der Waals surface area contributed by atoms with Crippen LogP contribution in [0.1, 0.15) is 50.3 Å². The summed E-state index contributed by atoms with van der Waals surface area (Å²) in [4.78, 5) is 34.5. The Morgan fingerprint density at radius 1 is 1.17 bits per heavy atom. The summed E-state index contributed by atoms with van der Waals surface area (Å²) in [6.45, 7) is 8.63. The van der Waals surface area contributed by atoms with Gasteiger partial charge in [-0.3, -0.25) is 9.59 Å². The van der Waals surface area contributed by atoms with Gasteiger partial charge in [0.05, 0.1) is 7.11 Å². The molecule has 0 spiro atoms. The van der Waals surface area contributed by atoms with Crippen molar-refractivity contribution in [3.63, 3.8) is 0 Å². The molecule has 1 N–H and O–H groups in total. The van der Waals surface area contributed by atoms with Crippen molar-refractivity contribution in [3.05, 3.63) is 28.8 Å². The van der Waals surface area contributed by atoms with Gasteiger partial charge in [-0.25, -0.2) is 4.79 Å². The molecule has 1 aromatic rings. The van der Waals surface area contributed by atoms with E-state index in [1.54, 1.807) is 6.07 Å². The molecule has 1 atom stereocenters. The molecule has 0 heterocycles. The molecule has 6 nitrogen and oxygen atoms in total. The minimum absolute atomic E-state index is 0.158. The Labute approximate surface area is 142 Å². The molecule has 0 unspecified atom stereocenters. The fourth-order valence-electron chi connectivity index (χ4n) is 2.81. The van der Waals surface area contributed by atoms with Crippen molar-refractivity contribution in [3.8, 4) is 5.75 Å². The van der Waals surface area contributed by atoms with Gasteiger partial charge in [0.15, 0.2) is 0 Å². The van der Waals surface area contributed by atoms with Crippen LogP contribution in [0, 0.1) is 6.92 Å². The van der Waals surface area contributed by atoms with Crippen LogP contribution < -0.4 is 10.1 Å². The van der Waals surface area contributed by atoms with Crippen LogP contribution in [-0.4, -0.2) is 31.0 Å². The van der Waals surface area contributed by atoms with Gasteiger partial charge in [-0.05, 0) is 35.6 Å². The Hall–Kier alpha value is -2.37. The van der Waals surface area contributed by atoms with Gasteiger partial charge < -0.3 is 14.8 Å². The molecular formula is C18H25NO5. The van der Waals surface area contributed by atoms with Gasteiger partial charge in [0.1, 0.15) is 11.8 Å². The Morgan fingerprint density at radius 3 is 2.25 bits per heavy atom. The number of benzene rings is 1. The highest BCUT2D eigenvalue weighted by Crippen LogP contribution is 2.31. The van der Waals surface area contributed by atoms with Crippen molar-refractivity contribution in [1.82, 2.24) is 5.32 Å². The van der Waals surface area contributed by atoms with E-state index in [1.165, 1.54) is 21.0 Å². The number of hydrogen-bond acceptors (Lipinski definition) is 5. The van der Waals surface area contributed by atoms with Crippen LogP contribution in [0.2, 0.25) is 0 Å². The van der Waals surface area contributed by atoms with Gasteiger partial charge in [0.2, 0.25) is 5.91 Å². The fraction of sp³-hybridized carbons (Fsp3) is 0.500. The average molecular weight is 335 g/mol. The number of carbonyl (C=O) groups is 3. The highest BCUT2D eigenvalue weighted by Gasteiger charge is 2.24. The van der Waals surface area contributed by atoms with Crippen molar-refractivity contribution >= 4 is 17.8 Å². The quantitative estimate of drug-likeness (QED) is 0.637. The van der Waals surface area contributed by atoms with Gasteiger partial charge >= 0.3 is 11.9 Å². The van der Waals surface area contributed by atoms with Gasteiger partial charge in [-0.15, -0.1) is 0 Å². The Morgan fingerprint density at radius 2 is 1.79 bits per heavy atom. The summed E-state index contributed by atoms with van der Waals surface area (Å²) in [5.41, 5.74) is 2.75. The largest absolute Gasteiger partial charge is 0.467 e. The first-order chi connectivity index (χ1) is 11.2. The van der Waals surface area contributed by atoms with Gasteiger partial charge in [0, 0.05) is 20.3 Å². The van der Waals surface area contributed by atoms with Crippen molar-refractivity contribution in [2.24, 2.45) is 0 Å². The van der Waals surface area contributed by atoms with E-state index in [9.17, 15) is 14.4 Å². The molecule has 0 aliphatic heterocycles. The molecule has 0 aliphatic carbocycles. The number of amides is 1. The lowest BCUT2D eigenvalue weighted by molar-refractivity contribution is -0.144. The lowest BCUT2D eigenvalue weighted by atomic mass is 9.89. The van der Waals surface area contributed by atoms with Crippen LogP contribution in [-0.2, 0) is 25.5 Å². The van der Waals surface area contributed by atoms with E-state index in [-0.39, 0.29) is 17.8 Å². The second-order valence-corrected chi connectivity index (χ2v) is 5.99. The highest BCUT2D eigenvalue weighted by atomic mass is 16.5. The van der Waals surface area contributed by atoms with Crippen LogP contribution in [0.4, 0.5) is 0 Å². The zero-order valence-corrected chi connectivity index (χ0v) is 15.1. The van der Waals surface area contributed by atoms with Crippen LogP contribution in [0.15, 0.2) is 12.1 Å². The third-order valence-corrected chi connectivity index (χ3v) is 3.67. The molecule has 0 bridgehead atoms. The maximum atomic E-state index is 11.9. The second-order valence-electron chi connectivity index (χ2n) is 5.99. The predicted octanol–water partition coefficient (Wildman–Crippen LogP) is 2.26. The minimum Gasteiger partial charge on any atom is -0.467 e.